The summed E-state index contributed by atoms with van der Waals surface area (Å²) in [5.74, 6) is 0.743. The van der Waals surface area contributed by atoms with Crippen LogP contribution in [0.1, 0.15) is 45.2 Å². The summed E-state index contributed by atoms with van der Waals surface area (Å²) in [5.41, 5.74) is 1.60. The van der Waals surface area contributed by atoms with Gasteiger partial charge in [0.05, 0.1) is 0 Å². The first-order valence-electron chi connectivity index (χ1n) is 6.63. The predicted octanol–water partition coefficient (Wildman–Crippen LogP) is 5.08. The van der Waals surface area contributed by atoms with E-state index in [0.717, 1.165) is 28.1 Å². The highest BCUT2D eigenvalue weighted by Crippen LogP contribution is 2.51. The van der Waals surface area contributed by atoms with Crippen molar-refractivity contribution >= 4 is 23.2 Å². The van der Waals surface area contributed by atoms with Crippen LogP contribution in [0.4, 0.5) is 0 Å². The van der Waals surface area contributed by atoms with Crippen LogP contribution >= 0.6 is 23.2 Å². The van der Waals surface area contributed by atoms with Gasteiger partial charge in [0.1, 0.15) is 0 Å². The average Bonchev–Trinajstić information content (AvgIpc) is 3.10. The van der Waals surface area contributed by atoms with Crippen LogP contribution < -0.4 is 5.32 Å². The minimum Gasteiger partial charge on any atom is -0.310 e. The second-order valence-electron chi connectivity index (χ2n) is 5.79. The van der Waals surface area contributed by atoms with Crippen LogP contribution in [0.15, 0.2) is 18.2 Å². The molecule has 0 aromatic heterocycles. The van der Waals surface area contributed by atoms with E-state index in [-0.39, 0.29) is 6.04 Å². The van der Waals surface area contributed by atoms with E-state index in [2.05, 4.69) is 26.1 Å². The van der Waals surface area contributed by atoms with E-state index in [1.807, 2.05) is 18.2 Å². The summed E-state index contributed by atoms with van der Waals surface area (Å²) in [6.07, 6.45) is 2.68. The van der Waals surface area contributed by atoms with Crippen LogP contribution in [-0.4, -0.2) is 6.54 Å². The van der Waals surface area contributed by atoms with Gasteiger partial charge in [-0.15, -0.1) is 0 Å². The van der Waals surface area contributed by atoms with Crippen LogP contribution in [-0.2, 0) is 0 Å². The molecule has 1 fully saturated rings. The molecule has 100 valence electrons. The molecule has 0 radical (unpaired) electrons. The number of hydrogen-bond acceptors (Lipinski definition) is 1. The summed E-state index contributed by atoms with van der Waals surface area (Å²) < 4.78 is 0. The monoisotopic (exact) mass is 285 g/mol. The first kappa shape index (κ1) is 14.2. The highest BCUT2D eigenvalue weighted by Gasteiger charge is 2.44. The highest BCUT2D eigenvalue weighted by molar-refractivity contribution is 6.33. The Kier molecular flexibility index (Phi) is 4.25. The Hall–Kier alpha value is -0.240. The Morgan fingerprint density at radius 1 is 1.22 bits per heavy atom. The summed E-state index contributed by atoms with van der Waals surface area (Å²) in [7, 11) is 0. The van der Waals surface area contributed by atoms with Crippen molar-refractivity contribution in [3.05, 3.63) is 33.8 Å². The third kappa shape index (κ3) is 3.01. The topological polar surface area (TPSA) is 12.0 Å². The zero-order valence-electron chi connectivity index (χ0n) is 11.3. The van der Waals surface area contributed by atoms with E-state index in [1.54, 1.807) is 0 Å². The Bertz CT molecular complexity index is 425. The van der Waals surface area contributed by atoms with Gasteiger partial charge >= 0.3 is 0 Å². The van der Waals surface area contributed by atoms with Crippen molar-refractivity contribution in [1.29, 1.82) is 0 Å². The van der Waals surface area contributed by atoms with Gasteiger partial charge in [-0.2, -0.15) is 0 Å². The van der Waals surface area contributed by atoms with Gasteiger partial charge in [0, 0.05) is 22.6 Å². The van der Waals surface area contributed by atoms with Crippen molar-refractivity contribution < 1.29 is 0 Å². The number of hydrogen-bond donors (Lipinski definition) is 1. The van der Waals surface area contributed by atoms with Crippen molar-refractivity contribution in [2.75, 3.05) is 6.54 Å². The SMILES string of the molecule is CC(NCC1(C(C)C)CC1)c1cc(Cl)ccc1Cl. The minimum absolute atomic E-state index is 0.243. The van der Waals surface area contributed by atoms with Crippen molar-refractivity contribution in [2.45, 2.75) is 39.7 Å². The van der Waals surface area contributed by atoms with Gasteiger partial charge in [0.15, 0.2) is 0 Å². The predicted molar refractivity (Wildman–Crippen MR) is 79.4 cm³/mol. The van der Waals surface area contributed by atoms with E-state index < -0.39 is 0 Å². The lowest BCUT2D eigenvalue weighted by Crippen LogP contribution is -2.29. The lowest BCUT2D eigenvalue weighted by molar-refractivity contribution is 0.325. The maximum absolute atomic E-state index is 6.22. The maximum atomic E-state index is 6.22. The number of rotatable bonds is 5. The first-order chi connectivity index (χ1) is 8.44. The molecule has 1 N–H and O–H groups in total. The Morgan fingerprint density at radius 3 is 2.44 bits per heavy atom. The zero-order chi connectivity index (χ0) is 13.3. The van der Waals surface area contributed by atoms with Gasteiger partial charge in [-0.1, -0.05) is 37.0 Å². The van der Waals surface area contributed by atoms with Crippen LogP contribution in [0, 0.1) is 11.3 Å². The molecule has 0 heterocycles. The van der Waals surface area contributed by atoms with E-state index in [1.165, 1.54) is 12.8 Å². The molecule has 0 saturated heterocycles. The van der Waals surface area contributed by atoms with Crippen LogP contribution in [0.25, 0.3) is 0 Å². The van der Waals surface area contributed by atoms with Crippen molar-refractivity contribution in [2.24, 2.45) is 11.3 Å². The molecule has 2 rings (SSSR count). The van der Waals surface area contributed by atoms with Crippen LogP contribution in [0.2, 0.25) is 10.0 Å². The normalized spacial score (nSPS) is 19.0. The first-order valence-corrected chi connectivity index (χ1v) is 7.38. The molecule has 18 heavy (non-hydrogen) atoms. The quantitative estimate of drug-likeness (QED) is 0.796. The third-order valence-electron chi connectivity index (χ3n) is 4.30. The molecular weight excluding hydrogens is 265 g/mol. The van der Waals surface area contributed by atoms with Gasteiger partial charge in [-0.3, -0.25) is 0 Å². The van der Waals surface area contributed by atoms with Crippen molar-refractivity contribution in [1.82, 2.24) is 5.32 Å². The Labute approximate surface area is 120 Å². The number of halogens is 2. The molecule has 1 aliphatic rings. The fraction of sp³-hybridized carbons (Fsp3) is 0.600. The molecule has 1 nitrogen and oxygen atoms in total. The molecule has 1 aromatic carbocycles. The summed E-state index contributed by atoms with van der Waals surface area (Å²) >= 11 is 12.2. The smallest absolute Gasteiger partial charge is 0.0454 e. The van der Waals surface area contributed by atoms with Crippen molar-refractivity contribution in [3.63, 3.8) is 0 Å². The molecule has 1 saturated carbocycles. The molecule has 0 bridgehead atoms. The zero-order valence-corrected chi connectivity index (χ0v) is 12.8. The van der Waals surface area contributed by atoms with Gasteiger partial charge in [0.2, 0.25) is 0 Å². The second kappa shape index (κ2) is 5.40. The van der Waals surface area contributed by atoms with Crippen molar-refractivity contribution in [3.8, 4) is 0 Å². The standard InChI is InChI=1S/C15H21Cl2N/c1-10(2)15(6-7-15)9-18-11(3)13-8-12(16)4-5-14(13)17/h4-5,8,10-11,18H,6-7,9H2,1-3H3. The fourth-order valence-corrected chi connectivity index (χ4v) is 2.89. The summed E-state index contributed by atoms with van der Waals surface area (Å²) in [6.45, 7) is 7.83. The van der Waals surface area contributed by atoms with Gasteiger partial charge in [-0.25, -0.2) is 0 Å². The van der Waals surface area contributed by atoms with Gasteiger partial charge < -0.3 is 5.32 Å². The highest BCUT2D eigenvalue weighted by atomic mass is 35.5. The molecule has 1 aromatic rings. The molecule has 0 amide bonds. The van der Waals surface area contributed by atoms with E-state index >= 15 is 0 Å². The Balaban J connectivity index is 2.00. The number of nitrogens with one attached hydrogen (secondary N) is 1. The van der Waals surface area contributed by atoms with E-state index in [9.17, 15) is 0 Å². The Morgan fingerprint density at radius 2 is 1.89 bits per heavy atom. The molecule has 1 aliphatic carbocycles. The number of benzene rings is 1. The molecule has 0 aliphatic heterocycles. The molecule has 1 atom stereocenters. The van der Waals surface area contributed by atoms with Crippen LogP contribution in [0.5, 0.6) is 0 Å². The molecule has 3 heteroatoms. The van der Waals surface area contributed by atoms with Crippen LogP contribution in [0.3, 0.4) is 0 Å². The van der Waals surface area contributed by atoms with E-state index in [0.29, 0.717) is 5.41 Å². The lowest BCUT2D eigenvalue weighted by atomic mass is 9.92. The molecular formula is C15H21Cl2N. The summed E-state index contributed by atoms with van der Waals surface area (Å²) in [6, 6.07) is 5.90. The summed E-state index contributed by atoms with van der Waals surface area (Å²) in [4.78, 5) is 0. The average molecular weight is 286 g/mol. The largest absolute Gasteiger partial charge is 0.310 e. The molecule has 1 unspecified atom stereocenters. The second-order valence-corrected chi connectivity index (χ2v) is 6.63. The van der Waals surface area contributed by atoms with E-state index in [4.69, 9.17) is 23.2 Å². The van der Waals surface area contributed by atoms with Gasteiger partial charge in [-0.05, 0) is 54.9 Å². The molecule has 0 spiro atoms. The van der Waals surface area contributed by atoms with Gasteiger partial charge in [0.25, 0.3) is 0 Å². The fourth-order valence-electron chi connectivity index (χ4n) is 2.43. The summed E-state index contributed by atoms with van der Waals surface area (Å²) in [5, 5.41) is 5.14. The third-order valence-corrected chi connectivity index (χ3v) is 4.88. The maximum Gasteiger partial charge on any atom is 0.0454 e. The minimum atomic E-state index is 0.243. The lowest BCUT2D eigenvalue weighted by Gasteiger charge is -2.24.